The van der Waals surface area contributed by atoms with Gasteiger partial charge in [0.05, 0.1) is 5.56 Å². The monoisotopic (exact) mass is 324 g/mol. The van der Waals surface area contributed by atoms with Crippen LogP contribution in [-0.2, 0) is 6.54 Å². The number of aromatic nitrogens is 1. The zero-order chi connectivity index (χ0) is 16.9. The number of carbonyl (C=O) groups excluding carboxylic acids is 2. The third-order valence-electron chi connectivity index (χ3n) is 4.17. The Morgan fingerprint density at radius 3 is 2.29 bits per heavy atom. The van der Waals surface area contributed by atoms with E-state index in [1.54, 1.807) is 6.07 Å². The molecule has 0 spiro atoms. The van der Waals surface area contributed by atoms with E-state index in [9.17, 15) is 9.59 Å². The molecule has 0 atom stereocenters. The molecule has 6 heteroatoms. The number of carbonyl (C=O) groups is 2. The van der Waals surface area contributed by atoms with Gasteiger partial charge in [-0.15, -0.1) is 0 Å². The molecule has 0 saturated carbocycles. The van der Waals surface area contributed by atoms with E-state index >= 15 is 0 Å². The number of piperazine rings is 1. The van der Waals surface area contributed by atoms with E-state index < -0.39 is 5.91 Å². The molecular formula is C18H20N4O2. The number of pyridine rings is 1. The van der Waals surface area contributed by atoms with Gasteiger partial charge < -0.3 is 10.6 Å². The van der Waals surface area contributed by atoms with Crippen LogP contribution < -0.4 is 5.73 Å². The number of rotatable bonds is 4. The van der Waals surface area contributed by atoms with E-state index in [2.05, 4.69) is 22.0 Å². The molecule has 0 radical (unpaired) electrons. The first kappa shape index (κ1) is 16.1. The summed E-state index contributed by atoms with van der Waals surface area (Å²) in [6.07, 6.45) is 1.42. The Morgan fingerprint density at radius 2 is 1.71 bits per heavy atom. The topological polar surface area (TPSA) is 79.5 Å². The minimum absolute atomic E-state index is 0.0575. The third-order valence-corrected chi connectivity index (χ3v) is 4.17. The lowest BCUT2D eigenvalue weighted by atomic mass is 10.1. The number of hydrogen-bond acceptors (Lipinski definition) is 4. The predicted octanol–water partition coefficient (Wildman–Crippen LogP) is 1.14. The third kappa shape index (κ3) is 3.78. The van der Waals surface area contributed by atoms with Crippen molar-refractivity contribution in [1.82, 2.24) is 14.8 Å². The average molecular weight is 324 g/mol. The van der Waals surface area contributed by atoms with Crippen molar-refractivity contribution in [1.29, 1.82) is 0 Å². The van der Waals surface area contributed by atoms with Crippen molar-refractivity contribution < 1.29 is 9.59 Å². The second kappa shape index (κ2) is 7.23. The zero-order valence-corrected chi connectivity index (χ0v) is 13.4. The Hall–Kier alpha value is -2.73. The van der Waals surface area contributed by atoms with E-state index in [1.807, 2.05) is 23.1 Å². The summed E-state index contributed by atoms with van der Waals surface area (Å²) in [5, 5.41) is 0. The molecular weight excluding hydrogens is 304 g/mol. The van der Waals surface area contributed by atoms with Gasteiger partial charge >= 0.3 is 0 Å². The van der Waals surface area contributed by atoms with Gasteiger partial charge in [0.2, 0.25) is 0 Å². The van der Waals surface area contributed by atoms with Gasteiger partial charge in [0.15, 0.2) is 0 Å². The molecule has 2 amide bonds. The van der Waals surface area contributed by atoms with Crippen molar-refractivity contribution in [2.24, 2.45) is 5.73 Å². The van der Waals surface area contributed by atoms with Gasteiger partial charge in [0.25, 0.3) is 11.8 Å². The van der Waals surface area contributed by atoms with Crippen LogP contribution in [0.5, 0.6) is 0 Å². The zero-order valence-electron chi connectivity index (χ0n) is 13.4. The second-order valence-corrected chi connectivity index (χ2v) is 5.85. The number of primary amides is 1. The molecule has 1 aromatic heterocycles. The highest BCUT2D eigenvalue weighted by molar-refractivity contribution is 5.95. The predicted molar refractivity (Wildman–Crippen MR) is 90.4 cm³/mol. The first-order valence-electron chi connectivity index (χ1n) is 7.95. The lowest BCUT2D eigenvalue weighted by Gasteiger charge is -2.34. The van der Waals surface area contributed by atoms with Gasteiger partial charge in [-0.3, -0.25) is 19.5 Å². The van der Waals surface area contributed by atoms with Crippen molar-refractivity contribution in [2.75, 3.05) is 26.2 Å². The van der Waals surface area contributed by atoms with Crippen LogP contribution in [0.2, 0.25) is 0 Å². The molecule has 124 valence electrons. The van der Waals surface area contributed by atoms with E-state index in [4.69, 9.17) is 5.73 Å². The minimum Gasteiger partial charge on any atom is -0.364 e. The molecule has 3 rings (SSSR count). The Kier molecular flexibility index (Phi) is 4.86. The van der Waals surface area contributed by atoms with Crippen molar-refractivity contribution in [3.8, 4) is 0 Å². The number of nitrogens with two attached hydrogens (primary N) is 1. The van der Waals surface area contributed by atoms with Gasteiger partial charge in [-0.25, -0.2) is 0 Å². The molecule has 1 fully saturated rings. The van der Waals surface area contributed by atoms with Crippen LogP contribution in [0.4, 0.5) is 0 Å². The molecule has 24 heavy (non-hydrogen) atoms. The highest BCUT2D eigenvalue weighted by atomic mass is 16.2. The fourth-order valence-corrected chi connectivity index (χ4v) is 2.80. The number of nitrogens with zero attached hydrogens (tertiary/aromatic N) is 3. The van der Waals surface area contributed by atoms with Gasteiger partial charge in [-0.05, 0) is 17.7 Å². The van der Waals surface area contributed by atoms with Crippen LogP contribution >= 0.6 is 0 Å². The van der Waals surface area contributed by atoms with Crippen molar-refractivity contribution in [3.05, 3.63) is 65.5 Å². The SMILES string of the molecule is NC(=O)c1ccc(C(=O)N2CCN(Cc3ccccc3)CC2)cn1. The van der Waals surface area contributed by atoms with E-state index in [1.165, 1.54) is 17.8 Å². The van der Waals surface area contributed by atoms with Crippen molar-refractivity contribution >= 4 is 11.8 Å². The summed E-state index contributed by atoms with van der Waals surface area (Å²) in [7, 11) is 0. The largest absolute Gasteiger partial charge is 0.364 e. The highest BCUT2D eigenvalue weighted by Crippen LogP contribution is 2.11. The highest BCUT2D eigenvalue weighted by Gasteiger charge is 2.22. The summed E-state index contributed by atoms with van der Waals surface area (Å²) in [6.45, 7) is 3.95. The molecule has 2 heterocycles. The minimum atomic E-state index is -0.594. The lowest BCUT2D eigenvalue weighted by Crippen LogP contribution is -2.48. The normalized spacial score (nSPS) is 15.2. The van der Waals surface area contributed by atoms with Gasteiger partial charge in [0, 0.05) is 38.9 Å². The quantitative estimate of drug-likeness (QED) is 0.914. The van der Waals surface area contributed by atoms with Gasteiger partial charge in [0.1, 0.15) is 5.69 Å². The summed E-state index contributed by atoms with van der Waals surface area (Å²) in [5.41, 5.74) is 7.09. The first-order chi connectivity index (χ1) is 11.6. The number of amides is 2. The Bertz CT molecular complexity index is 708. The van der Waals surface area contributed by atoms with Crippen LogP contribution in [0.3, 0.4) is 0 Å². The van der Waals surface area contributed by atoms with E-state index in [-0.39, 0.29) is 11.6 Å². The fraction of sp³-hybridized carbons (Fsp3) is 0.278. The van der Waals surface area contributed by atoms with Crippen LogP contribution in [-0.4, -0.2) is 52.8 Å². The van der Waals surface area contributed by atoms with Crippen LogP contribution in [0, 0.1) is 0 Å². The van der Waals surface area contributed by atoms with Gasteiger partial charge in [-0.1, -0.05) is 30.3 Å². The maximum absolute atomic E-state index is 12.5. The van der Waals surface area contributed by atoms with E-state index in [0.717, 1.165) is 19.6 Å². The van der Waals surface area contributed by atoms with Crippen LogP contribution in [0.1, 0.15) is 26.4 Å². The lowest BCUT2D eigenvalue weighted by molar-refractivity contribution is 0.0627. The summed E-state index contributed by atoms with van der Waals surface area (Å²) in [4.78, 5) is 31.6. The van der Waals surface area contributed by atoms with Crippen LogP contribution in [0.25, 0.3) is 0 Å². The molecule has 0 unspecified atom stereocenters. The standard InChI is InChI=1S/C18H20N4O2/c19-17(23)16-7-6-15(12-20-16)18(24)22-10-8-21(9-11-22)13-14-4-2-1-3-5-14/h1-7,12H,8-11,13H2,(H2,19,23). The molecule has 0 aliphatic carbocycles. The molecule has 0 bridgehead atoms. The smallest absolute Gasteiger partial charge is 0.267 e. The fourth-order valence-electron chi connectivity index (χ4n) is 2.80. The second-order valence-electron chi connectivity index (χ2n) is 5.85. The van der Waals surface area contributed by atoms with Crippen molar-refractivity contribution in [2.45, 2.75) is 6.54 Å². The summed E-state index contributed by atoms with van der Waals surface area (Å²) in [5.74, 6) is -0.651. The summed E-state index contributed by atoms with van der Waals surface area (Å²) in [6, 6.07) is 13.4. The molecule has 1 aliphatic rings. The molecule has 2 N–H and O–H groups in total. The number of hydrogen-bond donors (Lipinski definition) is 1. The average Bonchev–Trinajstić information content (AvgIpc) is 2.63. The maximum atomic E-state index is 12.5. The molecule has 2 aromatic rings. The number of benzene rings is 1. The Balaban J connectivity index is 1.56. The van der Waals surface area contributed by atoms with Crippen LogP contribution in [0.15, 0.2) is 48.7 Å². The van der Waals surface area contributed by atoms with Gasteiger partial charge in [-0.2, -0.15) is 0 Å². The molecule has 1 aromatic carbocycles. The van der Waals surface area contributed by atoms with Crippen molar-refractivity contribution in [3.63, 3.8) is 0 Å². The molecule has 6 nitrogen and oxygen atoms in total. The Labute approximate surface area is 140 Å². The molecule has 1 saturated heterocycles. The maximum Gasteiger partial charge on any atom is 0.267 e. The molecule has 1 aliphatic heterocycles. The Morgan fingerprint density at radius 1 is 1.00 bits per heavy atom. The summed E-state index contributed by atoms with van der Waals surface area (Å²) < 4.78 is 0. The first-order valence-corrected chi connectivity index (χ1v) is 7.95. The summed E-state index contributed by atoms with van der Waals surface area (Å²) >= 11 is 0. The van der Waals surface area contributed by atoms with E-state index in [0.29, 0.717) is 18.7 Å².